The summed E-state index contributed by atoms with van der Waals surface area (Å²) in [5, 5.41) is 4.08. The van der Waals surface area contributed by atoms with Crippen LogP contribution in [0.4, 0.5) is 0 Å². The molecule has 1 saturated carbocycles. The van der Waals surface area contributed by atoms with Crippen molar-refractivity contribution in [1.29, 1.82) is 0 Å². The summed E-state index contributed by atoms with van der Waals surface area (Å²) in [6.07, 6.45) is 6.61. The standard InChI is InChI=1S/C15H14N4O/c1-10-8-13(10)14-17-15(20-18-14)11-2-4-12(5-3-11)19-7-6-16-9-19/h2-7,9-10,13H,8H2,1H3. The van der Waals surface area contributed by atoms with Gasteiger partial charge in [0.2, 0.25) is 0 Å². The molecule has 2 aromatic heterocycles. The molecule has 1 aliphatic rings. The third-order valence-corrected chi connectivity index (χ3v) is 3.80. The normalized spacial score (nSPS) is 21.1. The van der Waals surface area contributed by atoms with Crippen molar-refractivity contribution in [2.75, 3.05) is 0 Å². The lowest BCUT2D eigenvalue weighted by Crippen LogP contribution is -1.89. The van der Waals surface area contributed by atoms with E-state index in [1.165, 1.54) is 6.42 Å². The van der Waals surface area contributed by atoms with Gasteiger partial charge in [0, 0.05) is 29.6 Å². The van der Waals surface area contributed by atoms with Gasteiger partial charge < -0.3 is 9.09 Å². The quantitative estimate of drug-likeness (QED) is 0.731. The molecule has 20 heavy (non-hydrogen) atoms. The zero-order valence-corrected chi connectivity index (χ0v) is 11.1. The number of aromatic nitrogens is 4. The van der Waals surface area contributed by atoms with Crippen molar-refractivity contribution < 1.29 is 4.52 Å². The molecule has 1 fully saturated rings. The number of hydrogen-bond donors (Lipinski definition) is 0. The molecule has 2 unspecified atom stereocenters. The molecule has 2 heterocycles. The minimum absolute atomic E-state index is 0.484. The predicted octanol–water partition coefficient (Wildman–Crippen LogP) is 3.05. The van der Waals surface area contributed by atoms with Gasteiger partial charge in [-0.1, -0.05) is 12.1 Å². The van der Waals surface area contributed by atoms with Crippen molar-refractivity contribution in [3.05, 3.63) is 48.8 Å². The third-order valence-electron chi connectivity index (χ3n) is 3.80. The van der Waals surface area contributed by atoms with Crippen LogP contribution in [-0.2, 0) is 0 Å². The van der Waals surface area contributed by atoms with Gasteiger partial charge in [0.15, 0.2) is 5.82 Å². The molecule has 3 aromatic rings. The smallest absolute Gasteiger partial charge is 0.257 e. The van der Waals surface area contributed by atoms with E-state index in [0.29, 0.717) is 17.7 Å². The van der Waals surface area contributed by atoms with Crippen LogP contribution < -0.4 is 0 Å². The molecule has 1 aromatic carbocycles. The Morgan fingerprint density at radius 1 is 1.25 bits per heavy atom. The van der Waals surface area contributed by atoms with E-state index in [1.54, 1.807) is 12.5 Å². The highest BCUT2D eigenvalue weighted by molar-refractivity contribution is 5.55. The molecule has 0 bridgehead atoms. The Morgan fingerprint density at radius 2 is 2.05 bits per heavy atom. The van der Waals surface area contributed by atoms with E-state index in [4.69, 9.17) is 4.52 Å². The van der Waals surface area contributed by atoms with Gasteiger partial charge in [-0.3, -0.25) is 0 Å². The summed E-state index contributed by atoms with van der Waals surface area (Å²) in [6, 6.07) is 8.01. The Balaban J connectivity index is 1.61. The first-order chi connectivity index (χ1) is 9.81. The molecular weight excluding hydrogens is 252 g/mol. The molecule has 2 atom stereocenters. The molecular formula is C15H14N4O. The number of hydrogen-bond acceptors (Lipinski definition) is 4. The van der Waals surface area contributed by atoms with E-state index < -0.39 is 0 Å². The Hall–Kier alpha value is -2.43. The van der Waals surface area contributed by atoms with Crippen LogP contribution in [0.1, 0.15) is 25.1 Å². The van der Waals surface area contributed by atoms with Crippen molar-refractivity contribution in [3.8, 4) is 17.1 Å². The van der Waals surface area contributed by atoms with Crippen LogP contribution in [0.15, 0.2) is 47.5 Å². The number of rotatable bonds is 3. The van der Waals surface area contributed by atoms with E-state index in [9.17, 15) is 0 Å². The fourth-order valence-corrected chi connectivity index (χ4v) is 2.37. The summed E-state index contributed by atoms with van der Waals surface area (Å²) in [6.45, 7) is 2.21. The van der Waals surface area contributed by atoms with E-state index in [1.807, 2.05) is 35.0 Å². The molecule has 100 valence electrons. The summed E-state index contributed by atoms with van der Waals surface area (Å²) in [4.78, 5) is 8.53. The molecule has 0 spiro atoms. The molecule has 4 rings (SSSR count). The Kier molecular flexibility index (Phi) is 2.45. The van der Waals surface area contributed by atoms with Gasteiger partial charge in [-0.15, -0.1) is 0 Å². The molecule has 1 aliphatic carbocycles. The van der Waals surface area contributed by atoms with Gasteiger partial charge in [-0.2, -0.15) is 4.98 Å². The first-order valence-electron chi connectivity index (χ1n) is 6.73. The van der Waals surface area contributed by atoms with E-state index in [-0.39, 0.29) is 0 Å². The molecule has 0 N–H and O–H groups in total. The van der Waals surface area contributed by atoms with Crippen LogP contribution in [-0.4, -0.2) is 19.7 Å². The monoisotopic (exact) mass is 266 g/mol. The third kappa shape index (κ3) is 1.91. The van der Waals surface area contributed by atoms with Crippen molar-refractivity contribution in [2.45, 2.75) is 19.3 Å². The van der Waals surface area contributed by atoms with E-state index in [0.717, 1.165) is 17.1 Å². The van der Waals surface area contributed by atoms with Crippen molar-refractivity contribution in [2.24, 2.45) is 5.92 Å². The Labute approximate surface area is 116 Å². The summed E-state index contributed by atoms with van der Waals surface area (Å²) < 4.78 is 7.30. The highest BCUT2D eigenvalue weighted by atomic mass is 16.5. The predicted molar refractivity (Wildman–Crippen MR) is 73.4 cm³/mol. The number of nitrogens with zero attached hydrogens (tertiary/aromatic N) is 4. The van der Waals surface area contributed by atoms with E-state index in [2.05, 4.69) is 22.0 Å². The summed E-state index contributed by atoms with van der Waals surface area (Å²) in [7, 11) is 0. The summed E-state index contributed by atoms with van der Waals surface area (Å²) in [5.41, 5.74) is 2.00. The summed E-state index contributed by atoms with van der Waals surface area (Å²) >= 11 is 0. The highest BCUT2D eigenvalue weighted by Crippen LogP contribution is 2.45. The Bertz CT molecular complexity index is 715. The minimum atomic E-state index is 0.484. The SMILES string of the molecule is CC1CC1c1noc(-c2ccc(-n3ccnc3)cc2)n1. The maximum Gasteiger partial charge on any atom is 0.257 e. The Morgan fingerprint density at radius 3 is 2.70 bits per heavy atom. The molecule has 0 amide bonds. The zero-order chi connectivity index (χ0) is 13.5. The molecule has 5 heteroatoms. The van der Waals surface area contributed by atoms with Crippen molar-refractivity contribution in [3.63, 3.8) is 0 Å². The largest absolute Gasteiger partial charge is 0.334 e. The van der Waals surface area contributed by atoms with Crippen molar-refractivity contribution >= 4 is 0 Å². The fourth-order valence-electron chi connectivity index (χ4n) is 2.37. The topological polar surface area (TPSA) is 56.7 Å². The lowest BCUT2D eigenvalue weighted by molar-refractivity contribution is 0.422. The van der Waals surface area contributed by atoms with Crippen LogP contribution in [0, 0.1) is 5.92 Å². The lowest BCUT2D eigenvalue weighted by atomic mass is 10.2. The van der Waals surface area contributed by atoms with Gasteiger partial charge in [0.25, 0.3) is 5.89 Å². The van der Waals surface area contributed by atoms with Crippen LogP contribution >= 0.6 is 0 Å². The van der Waals surface area contributed by atoms with Crippen molar-refractivity contribution in [1.82, 2.24) is 19.7 Å². The maximum atomic E-state index is 5.35. The van der Waals surface area contributed by atoms with Crippen LogP contribution in [0.5, 0.6) is 0 Å². The molecule has 0 aliphatic heterocycles. The average Bonchev–Trinajstić information content (AvgIpc) is 2.96. The minimum Gasteiger partial charge on any atom is -0.334 e. The first-order valence-corrected chi connectivity index (χ1v) is 6.73. The zero-order valence-electron chi connectivity index (χ0n) is 11.1. The molecule has 5 nitrogen and oxygen atoms in total. The molecule has 0 radical (unpaired) electrons. The number of imidazole rings is 1. The van der Waals surface area contributed by atoms with Crippen LogP contribution in [0.3, 0.4) is 0 Å². The average molecular weight is 266 g/mol. The van der Waals surface area contributed by atoms with Gasteiger partial charge in [-0.25, -0.2) is 4.98 Å². The van der Waals surface area contributed by atoms with Gasteiger partial charge >= 0.3 is 0 Å². The van der Waals surface area contributed by atoms with Gasteiger partial charge in [0.05, 0.1) is 6.33 Å². The molecule has 0 saturated heterocycles. The van der Waals surface area contributed by atoms with Gasteiger partial charge in [-0.05, 0) is 36.6 Å². The second-order valence-electron chi connectivity index (χ2n) is 5.29. The maximum absolute atomic E-state index is 5.35. The lowest BCUT2D eigenvalue weighted by Gasteiger charge is -2.01. The first kappa shape index (κ1) is 11.4. The van der Waals surface area contributed by atoms with Crippen LogP contribution in [0.25, 0.3) is 17.1 Å². The second kappa shape index (κ2) is 4.30. The second-order valence-corrected chi connectivity index (χ2v) is 5.29. The van der Waals surface area contributed by atoms with E-state index >= 15 is 0 Å². The van der Waals surface area contributed by atoms with Gasteiger partial charge in [0.1, 0.15) is 0 Å². The fraction of sp³-hybridized carbons (Fsp3) is 0.267. The summed E-state index contributed by atoms with van der Waals surface area (Å²) in [5.74, 6) is 2.60. The highest BCUT2D eigenvalue weighted by Gasteiger charge is 2.38. The van der Waals surface area contributed by atoms with Crippen LogP contribution in [0.2, 0.25) is 0 Å². The number of benzene rings is 1.